The summed E-state index contributed by atoms with van der Waals surface area (Å²) in [6.45, 7) is 2.81. The lowest BCUT2D eigenvalue weighted by Gasteiger charge is -2.14. The van der Waals surface area contributed by atoms with Crippen molar-refractivity contribution in [3.63, 3.8) is 0 Å². The molecule has 4 nitrogen and oxygen atoms in total. The number of anilines is 1. The summed E-state index contributed by atoms with van der Waals surface area (Å²) in [5.74, 6) is -0.605. The van der Waals surface area contributed by atoms with E-state index in [4.69, 9.17) is 9.84 Å². The first-order valence-corrected chi connectivity index (χ1v) is 9.84. The molecule has 0 aliphatic rings. The molecule has 0 saturated carbocycles. The van der Waals surface area contributed by atoms with Crippen molar-refractivity contribution in [3.8, 4) is 5.75 Å². The number of benzene rings is 2. The number of aliphatic carboxylic acids is 1. The predicted octanol–water partition coefficient (Wildman–Crippen LogP) is 5.77. The first kappa shape index (κ1) is 20.7. The standard InChI is InChI=1S/C19H20Br2FNO3/c1-2-8-23-16-5-3-4-13(18(16)22)11-26-19-14(20)9-12(10-15(19)21)6-7-17(24)25/h3-5,9-10,23H,2,6-8,11H2,1H3,(H,24,25). The van der Waals surface area contributed by atoms with Crippen molar-refractivity contribution in [2.75, 3.05) is 11.9 Å². The lowest BCUT2D eigenvalue weighted by atomic mass is 10.1. The zero-order chi connectivity index (χ0) is 19.1. The number of aryl methyl sites for hydroxylation is 1. The number of rotatable bonds is 9. The van der Waals surface area contributed by atoms with E-state index >= 15 is 0 Å². The van der Waals surface area contributed by atoms with Gasteiger partial charge in [-0.15, -0.1) is 0 Å². The maximum atomic E-state index is 14.5. The van der Waals surface area contributed by atoms with Gasteiger partial charge < -0.3 is 15.2 Å². The Bertz CT molecular complexity index is 760. The van der Waals surface area contributed by atoms with E-state index in [1.54, 1.807) is 18.2 Å². The summed E-state index contributed by atoms with van der Waals surface area (Å²) in [6.07, 6.45) is 1.39. The van der Waals surface area contributed by atoms with Gasteiger partial charge in [0.2, 0.25) is 0 Å². The van der Waals surface area contributed by atoms with Gasteiger partial charge in [-0.3, -0.25) is 4.79 Å². The van der Waals surface area contributed by atoms with Crippen LogP contribution in [0.25, 0.3) is 0 Å². The summed E-state index contributed by atoms with van der Waals surface area (Å²) in [5, 5.41) is 11.8. The summed E-state index contributed by atoms with van der Waals surface area (Å²) in [4.78, 5) is 10.7. The molecule has 0 fully saturated rings. The molecule has 2 rings (SSSR count). The lowest BCUT2D eigenvalue weighted by molar-refractivity contribution is -0.136. The second-order valence-electron chi connectivity index (χ2n) is 5.78. The van der Waals surface area contributed by atoms with E-state index < -0.39 is 5.97 Å². The molecule has 2 aromatic carbocycles. The fraction of sp³-hybridized carbons (Fsp3) is 0.316. The monoisotopic (exact) mass is 487 g/mol. The molecule has 0 radical (unpaired) electrons. The molecule has 0 amide bonds. The minimum Gasteiger partial charge on any atom is -0.486 e. The molecule has 0 heterocycles. The van der Waals surface area contributed by atoms with Crippen molar-refractivity contribution < 1.29 is 19.0 Å². The Morgan fingerprint density at radius 1 is 1.27 bits per heavy atom. The first-order valence-electron chi connectivity index (χ1n) is 8.26. The zero-order valence-electron chi connectivity index (χ0n) is 14.3. The normalized spacial score (nSPS) is 10.6. The Labute approximate surface area is 169 Å². The van der Waals surface area contributed by atoms with E-state index in [0.717, 1.165) is 12.0 Å². The zero-order valence-corrected chi connectivity index (χ0v) is 17.5. The van der Waals surface area contributed by atoms with Gasteiger partial charge in [-0.1, -0.05) is 19.1 Å². The van der Waals surface area contributed by atoms with E-state index in [2.05, 4.69) is 37.2 Å². The van der Waals surface area contributed by atoms with Crippen LogP contribution in [0.15, 0.2) is 39.3 Å². The Hall–Kier alpha value is -1.60. The van der Waals surface area contributed by atoms with Crippen LogP contribution in [0.3, 0.4) is 0 Å². The smallest absolute Gasteiger partial charge is 0.303 e. The van der Waals surface area contributed by atoms with Crippen LogP contribution in [0.5, 0.6) is 5.75 Å². The maximum absolute atomic E-state index is 14.5. The third-order valence-corrected chi connectivity index (χ3v) is 4.88. The number of carboxylic acids is 1. The number of hydrogen-bond donors (Lipinski definition) is 2. The number of ether oxygens (including phenoxy) is 1. The second kappa shape index (κ2) is 9.92. The topological polar surface area (TPSA) is 58.6 Å². The van der Waals surface area contributed by atoms with E-state index in [9.17, 15) is 9.18 Å². The molecule has 0 saturated heterocycles. The van der Waals surface area contributed by atoms with Gasteiger partial charge >= 0.3 is 5.97 Å². The average molecular weight is 489 g/mol. The van der Waals surface area contributed by atoms with Gasteiger partial charge in [0.05, 0.1) is 14.6 Å². The van der Waals surface area contributed by atoms with Crippen LogP contribution in [0.4, 0.5) is 10.1 Å². The maximum Gasteiger partial charge on any atom is 0.303 e. The number of carbonyl (C=O) groups is 1. The van der Waals surface area contributed by atoms with Crippen LogP contribution in [0, 0.1) is 5.82 Å². The van der Waals surface area contributed by atoms with Crippen LogP contribution in [0.2, 0.25) is 0 Å². The van der Waals surface area contributed by atoms with Crippen molar-refractivity contribution in [1.29, 1.82) is 0 Å². The Balaban J connectivity index is 2.11. The van der Waals surface area contributed by atoms with Crippen molar-refractivity contribution in [3.05, 3.63) is 56.2 Å². The molecule has 0 aromatic heterocycles. The molecule has 0 aliphatic heterocycles. The Morgan fingerprint density at radius 2 is 1.96 bits per heavy atom. The molecule has 0 unspecified atom stereocenters. The highest BCUT2D eigenvalue weighted by atomic mass is 79.9. The van der Waals surface area contributed by atoms with E-state index in [1.807, 2.05) is 19.1 Å². The van der Waals surface area contributed by atoms with Gasteiger partial charge in [0.1, 0.15) is 12.4 Å². The fourth-order valence-corrected chi connectivity index (χ4v) is 3.89. The van der Waals surface area contributed by atoms with Crippen LogP contribution in [-0.2, 0) is 17.8 Å². The molecule has 7 heteroatoms. The minimum absolute atomic E-state index is 0.0574. The summed E-state index contributed by atoms with van der Waals surface area (Å²) in [7, 11) is 0. The number of hydrogen-bond acceptors (Lipinski definition) is 3. The summed E-state index contributed by atoms with van der Waals surface area (Å²) >= 11 is 6.87. The Kier molecular flexibility index (Phi) is 7.90. The number of nitrogens with one attached hydrogen (secondary N) is 1. The average Bonchev–Trinajstić information content (AvgIpc) is 2.59. The van der Waals surface area contributed by atoms with Crippen molar-refractivity contribution in [2.24, 2.45) is 0 Å². The molecular formula is C19H20Br2FNO3. The highest BCUT2D eigenvalue weighted by Crippen LogP contribution is 2.36. The molecule has 0 spiro atoms. The van der Waals surface area contributed by atoms with E-state index in [-0.39, 0.29) is 18.8 Å². The third kappa shape index (κ3) is 5.71. The molecular weight excluding hydrogens is 469 g/mol. The summed E-state index contributed by atoms with van der Waals surface area (Å²) in [5.41, 5.74) is 1.80. The molecule has 2 aromatic rings. The Morgan fingerprint density at radius 3 is 2.58 bits per heavy atom. The van der Waals surface area contributed by atoms with Crippen molar-refractivity contribution in [2.45, 2.75) is 32.8 Å². The molecule has 0 bridgehead atoms. The van der Waals surface area contributed by atoms with Gasteiger partial charge in [-0.05, 0) is 68.5 Å². The van der Waals surface area contributed by atoms with Crippen molar-refractivity contribution in [1.82, 2.24) is 0 Å². The highest BCUT2D eigenvalue weighted by molar-refractivity contribution is 9.11. The van der Waals surface area contributed by atoms with Crippen LogP contribution < -0.4 is 10.1 Å². The van der Waals surface area contributed by atoms with Crippen molar-refractivity contribution >= 4 is 43.5 Å². The molecule has 0 atom stereocenters. The van der Waals surface area contributed by atoms with Gasteiger partial charge in [-0.25, -0.2) is 4.39 Å². The predicted molar refractivity (Wildman–Crippen MR) is 107 cm³/mol. The first-order chi connectivity index (χ1) is 12.4. The highest BCUT2D eigenvalue weighted by Gasteiger charge is 2.13. The SMILES string of the molecule is CCCNc1cccc(COc2c(Br)cc(CCC(=O)O)cc2Br)c1F. The third-order valence-electron chi connectivity index (χ3n) is 3.70. The van der Waals surface area contributed by atoms with Gasteiger partial charge in [0.25, 0.3) is 0 Å². The quantitative estimate of drug-likeness (QED) is 0.470. The fourth-order valence-electron chi connectivity index (χ4n) is 2.38. The number of carboxylic acid groups (broad SMARTS) is 1. The second-order valence-corrected chi connectivity index (χ2v) is 7.49. The molecule has 26 heavy (non-hydrogen) atoms. The minimum atomic E-state index is -0.843. The van der Waals surface area contributed by atoms with E-state index in [0.29, 0.717) is 38.9 Å². The molecule has 2 N–H and O–H groups in total. The summed E-state index contributed by atoms with van der Waals surface area (Å²) < 4.78 is 21.7. The van der Waals surface area contributed by atoms with Gasteiger partial charge in [0.15, 0.2) is 5.82 Å². The summed E-state index contributed by atoms with van der Waals surface area (Å²) in [6, 6.07) is 8.82. The van der Waals surface area contributed by atoms with E-state index in [1.165, 1.54) is 0 Å². The van der Waals surface area contributed by atoms with Crippen LogP contribution in [0.1, 0.15) is 30.9 Å². The van der Waals surface area contributed by atoms with Gasteiger partial charge in [0, 0.05) is 18.5 Å². The van der Waals surface area contributed by atoms with Crippen LogP contribution >= 0.6 is 31.9 Å². The number of halogens is 3. The molecule has 0 aliphatic carbocycles. The largest absolute Gasteiger partial charge is 0.486 e. The lowest BCUT2D eigenvalue weighted by Crippen LogP contribution is -2.06. The van der Waals surface area contributed by atoms with Crippen LogP contribution in [-0.4, -0.2) is 17.6 Å². The molecule has 140 valence electrons. The van der Waals surface area contributed by atoms with Gasteiger partial charge in [-0.2, -0.15) is 0 Å².